The molecule has 1 fully saturated rings. The van der Waals surface area contributed by atoms with Gasteiger partial charge in [0.05, 0.1) is 48.4 Å². The van der Waals surface area contributed by atoms with E-state index in [1.165, 1.54) is 0 Å². The maximum atomic E-state index is 6.81. The summed E-state index contributed by atoms with van der Waals surface area (Å²) in [5, 5.41) is 8.56. The average Bonchev–Trinajstić information content (AvgIpc) is 3.63. The van der Waals surface area contributed by atoms with E-state index in [1.807, 2.05) is 35.1 Å². The van der Waals surface area contributed by atoms with Gasteiger partial charge in [0.1, 0.15) is 11.6 Å². The van der Waals surface area contributed by atoms with Crippen molar-refractivity contribution in [2.24, 2.45) is 10.7 Å². The van der Waals surface area contributed by atoms with Crippen molar-refractivity contribution in [2.75, 3.05) is 25.6 Å². The number of rotatable bonds is 9. The zero-order valence-electron chi connectivity index (χ0n) is 27.5. The van der Waals surface area contributed by atoms with E-state index in [9.17, 15) is 0 Å². The van der Waals surface area contributed by atoms with Crippen molar-refractivity contribution in [1.82, 2.24) is 14.6 Å². The van der Waals surface area contributed by atoms with Gasteiger partial charge in [-0.2, -0.15) is 5.10 Å². The number of ether oxygens (including phenoxy) is 2. The van der Waals surface area contributed by atoms with E-state index < -0.39 is 8.32 Å². The second-order valence-corrected chi connectivity index (χ2v) is 18.2. The highest BCUT2D eigenvalue weighted by atomic mass is 28.4. The van der Waals surface area contributed by atoms with Crippen LogP contribution in [0.4, 0.5) is 11.4 Å². The zero-order valence-corrected chi connectivity index (χ0v) is 28.5. The van der Waals surface area contributed by atoms with Gasteiger partial charge in [0, 0.05) is 36.2 Å². The lowest BCUT2D eigenvalue weighted by atomic mass is 10.0. The lowest BCUT2D eigenvalue weighted by Gasteiger charge is -2.36. The van der Waals surface area contributed by atoms with Gasteiger partial charge in [0.2, 0.25) is 14.2 Å². The van der Waals surface area contributed by atoms with E-state index >= 15 is 0 Å². The van der Waals surface area contributed by atoms with Crippen LogP contribution in [0.1, 0.15) is 63.6 Å². The predicted molar refractivity (Wildman–Crippen MR) is 181 cm³/mol. The molecule has 4 heterocycles. The molecule has 0 aliphatic carbocycles. The van der Waals surface area contributed by atoms with Crippen LogP contribution in [0.15, 0.2) is 53.9 Å². The van der Waals surface area contributed by atoms with Gasteiger partial charge in [-0.05, 0) is 72.8 Å². The SMILES string of the molecule is COc1cc(C)c(-c2cc3c(N[C@H]4CCOC4)c(/C(N)=N/c4ccc(O[Si](C)(C)C(C)(C)C)cc4C(C)C)cnn3c2)cn1. The van der Waals surface area contributed by atoms with Gasteiger partial charge in [-0.1, -0.05) is 34.6 Å². The fourth-order valence-electron chi connectivity index (χ4n) is 5.14. The molecule has 0 bridgehead atoms. The molecule has 5 rings (SSSR count). The number of fused-ring (bicyclic) bond motifs is 1. The van der Waals surface area contributed by atoms with Crippen LogP contribution in [0.5, 0.6) is 11.6 Å². The van der Waals surface area contributed by atoms with Gasteiger partial charge in [0.15, 0.2) is 0 Å². The Bertz CT molecular complexity index is 1680. The number of nitrogens with zero attached hydrogens (tertiary/aromatic N) is 4. The number of hydrogen-bond donors (Lipinski definition) is 2. The first-order valence-electron chi connectivity index (χ1n) is 15.3. The number of aromatic nitrogens is 3. The number of aryl methyl sites for hydroxylation is 1. The summed E-state index contributed by atoms with van der Waals surface area (Å²) in [5.41, 5.74) is 14.3. The third-order valence-electron chi connectivity index (χ3n) is 8.84. The number of pyridine rings is 1. The molecule has 1 aromatic carbocycles. The van der Waals surface area contributed by atoms with Gasteiger partial charge in [0.25, 0.3) is 0 Å². The summed E-state index contributed by atoms with van der Waals surface area (Å²) in [6.45, 7) is 19.0. The summed E-state index contributed by atoms with van der Waals surface area (Å²) in [4.78, 5) is 9.42. The smallest absolute Gasteiger partial charge is 0.250 e. The minimum Gasteiger partial charge on any atom is -0.543 e. The minimum atomic E-state index is -1.99. The lowest BCUT2D eigenvalue weighted by Crippen LogP contribution is -2.43. The van der Waals surface area contributed by atoms with Crippen LogP contribution in [-0.2, 0) is 4.74 Å². The second-order valence-electron chi connectivity index (χ2n) is 13.5. The first-order chi connectivity index (χ1) is 20.8. The Morgan fingerprint density at radius 2 is 1.95 bits per heavy atom. The van der Waals surface area contributed by atoms with Crippen molar-refractivity contribution in [1.29, 1.82) is 0 Å². The van der Waals surface area contributed by atoms with Gasteiger partial charge < -0.3 is 25.0 Å². The molecule has 0 spiro atoms. The molecular formula is C34H46N6O3Si. The molecule has 1 atom stereocenters. The van der Waals surface area contributed by atoms with Crippen LogP contribution in [-0.4, -0.2) is 55.1 Å². The predicted octanol–water partition coefficient (Wildman–Crippen LogP) is 7.46. The van der Waals surface area contributed by atoms with Gasteiger partial charge in [-0.25, -0.2) is 14.5 Å². The summed E-state index contributed by atoms with van der Waals surface area (Å²) < 4.78 is 19.5. The number of hydrogen-bond acceptors (Lipinski definition) is 7. The van der Waals surface area contributed by atoms with Crippen molar-refractivity contribution in [3.63, 3.8) is 0 Å². The molecule has 0 amide bonds. The zero-order chi connectivity index (χ0) is 31.8. The highest BCUT2D eigenvalue weighted by Crippen LogP contribution is 2.39. The highest BCUT2D eigenvalue weighted by Gasteiger charge is 2.39. The first-order valence-corrected chi connectivity index (χ1v) is 18.2. The van der Waals surface area contributed by atoms with E-state index in [0.717, 1.165) is 63.5 Å². The quantitative estimate of drug-likeness (QED) is 0.114. The number of aliphatic imine (C=N–C) groups is 1. The molecule has 1 aliphatic heterocycles. The Balaban J connectivity index is 1.57. The van der Waals surface area contributed by atoms with Gasteiger partial charge >= 0.3 is 0 Å². The third kappa shape index (κ3) is 6.46. The Labute approximate surface area is 262 Å². The first kappa shape index (κ1) is 31.5. The fourth-order valence-corrected chi connectivity index (χ4v) is 6.17. The molecule has 9 nitrogen and oxygen atoms in total. The van der Waals surface area contributed by atoms with E-state index in [4.69, 9.17) is 29.7 Å². The summed E-state index contributed by atoms with van der Waals surface area (Å²) in [6, 6.07) is 10.4. The largest absolute Gasteiger partial charge is 0.543 e. The van der Waals surface area contributed by atoms with Crippen LogP contribution in [0.3, 0.4) is 0 Å². The molecule has 4 aromatic rings. The molecule has 3 aromatic heterocycles. The molecular weight excluding hydrogens is 568 g/mol. The standard InChI is InChI=1S/C34H46N6O3Si/c1-21(2)26-16-25(43-44(8,9)34(4,5)6)10-11-29(26)39-33(35)28-18-37-40-19-23(27-17-36-31(41-7)14-22(27)3)15-30(40)32(28)38-24-12-13-42-20-24/h10-11,14-19,21,24,38H,12-13,20H2,1-9H3,(H2,35,39)/t24-/m0/s1. The lowest BCUT2D eigenvalue weighted by molar-refractivity contribution is 0.195. The van der Waals surface area contributed by atoms with Gasteiger partial charge in [-0.3, -0.25) is 0 Å². The number of anilines is 1. The van der Waals surface area contributed by atoms with Crippen molar-refractivity contribution in [2.45, 2.75) is 78.1 Å². The van der Waals surface area contributed by atoms with Crippen molar-refractivity contribution >= 4 is 31.0 Å². The Kier molecular flexibility index (Phi) is 8.77. The Morgan fingerprint density at radius 1 is 1.18 bits per heavy atom. The van der Waals surface area contributed by atoms with E-state index in [0.29, 0.717) is 18.3 Å². The monoisotopic (exact) mass is 614 g/mol. The van der Waals surface area contributed by atoms with E-state index in [1.54, 1.807) is 13.3 Å². The van der Waals surface area contributed by atoms with Gasteiger partial charge in [-0.15, -0.1) is 0 Å². The Hall–Kier alpha value is -3.89. The summed E-state index contributed by atoms with van der Waals surface area (Å²) in [7, 11) is -0.365. The molecule has 234 valence electrons. The minimum absolute atomic E-state index is 0.104. The number of nitrogens with two attached hydrogens (primary N) is 1. The summed E-state index contributed by atoms with van der Waals surface area (Å²) >= 11 is 0. The van der Waals surface area contributed by atoms with Crippen LogP contribution >= 0.6 is 0 Å². The molecule has 44 heavy (non-hydrogen) atoms. The van der Waals surface area contributed by atoms with Crippen molar-refractivity contribution < 1.29 is 13.9 Å². The number of amidine groups is 1. The third-order valence-corrected chi connectivity index (χ3v) is 13.2. The summed E-state index contributed by atoms with van der Waals surface area (Å²) in [6.07, 6.45) is 6.55. The highest BCUT2D eigenvalue weighted by molar-refractivity contribution is 6.74. The van der Waals surface area contributed by atoms with E-state index in [-0.39, 0.29) is 17.0 Å². The second kappa shape index (κ2) is 12.2. The average molecular weight is 615 g/mol. The van der Waals surface area contributed by atoms with Crippen LogP contribution < -0.4 is 20.2 Å². The Morgan fingerprint density at radius 3 is 2.59 bits per heavy atom. The molecule has 3 N–H and O–H groups in total. The summed E-state index contributed by atoms with van der Waals surface area (Å²) in [5.74, 6) is 2.09. The van der Waals surface area contributed by atoms with Crippen LogP contribution in [0, 0.1) is 6.92 Å². The number of benzene rings is 1. The van der Waals surface area contributed by atoms with Crippen molar-refractivity contribution in [3.8, 4) is 22.8 Å². The van der Waals surface area contributed by atoms with E-state index in [2.05, 4.69) is 77.1 Å². The maximum Gasteiger partial charge on any atom is 0.250 e. The topological polar surface area (TPSA) is 108 Å². The molecule has 0 unspecified atom stereocenters. The molecule has 10 heteroatoms. The molecule has 1 saturated heterocycles. The number of methoxy groups -OCH3 is 1. The van der Waals surface area contributed by atoms with Crippen molar-refractivity contribution in [3.05, 3.63) is 65.6 Å². The maximum absolute atomic E-state index is 6.81. The fraction of sp³-hybridized carbons (Fsp3) is 0.441. The van der Waals surface area contributed by atoms with Crippen LogP contribution in [0.2, 0.25) is 18.1 Å². The normalized spacial score (nSPS) is 16.1. The number of nitrogens with one attached hydrogen (secondary N) is 1. The molecule has 1 aliphatic rings. The molecule has 0 saturated carbocycles. The molecule has 0 radical (unpaired) electrons. The van der Waals surface area contributed by atoms with Crippen LogP contribution in [0.25, 0.3) is 16.6 Å².